The van der Waals surface area contributed by atoms with Crippen LogP contribution in [-0.4, -0.2) is 33.8 Å². The fourth-order valence-corrected chi connectivity index (χ4v) is 5.51. The average molecular weight is 472 g/mol. The summed E-state index contributed by atoms with van der Waals surface area (Å²) in [6.45, 7) is 1.93. The van der Waals surface area contributed by atoms with Crippen LogP contribution < -0.4 is 9.46 Å². The van der Waals surface area contributed by atoms with Gasteiger partial charge in [-0.25, -0.2) is 17.5 Å². The van der Waals surface area contributed by atoms with Gasteiger partial charge in [0.05, 0.1) is 18.6 Å². The molecule has 2 aromatic rings. The summed E-state index contributed by atoms with van der Waals surface area (Å²) in [5.74, 6) is 1.56. The Bertz CT molecular complexity index is 953. The van der Waals surface area contributed by atoms with Gasteiger partial charge in [-0.05, 0) is 72.8 Å². The van der Waals surface area contributed by atoms with Crippen molar-refractivity contribution in [2.24, 2.45) is 5.92 Å². The molecule has 3 atom stereocenters. The van der Waals surface area contributed by atoms with Gasteiger partial charge in [0.15, 0.2) is 0 Å². The number of aliphatic hydroxyl groups is 1. The van der Waals surface area contributed by atoms with Crippen molar-refractivity contribution in [1.29, 1.82) is 0 Å². The molecule has 1 unspecified atom stereocenters. The van der Waals surface area contributed by atoms with Crippen molar-refractivity contribution in [3.8, 4) is 5.75 Å². The van der Waals surface area contributed by atoms with Crippen molar-refractivity contribution in [2.75, 3.05) is 20.3 Å². The number of rotatable bonds is 9. The zero-order valence-corrected chi connectivity index (χ0v) is 19.5. The van der Waals surface area contributed by atoms with Gasteiger partial charge in [0, 0.05) is 12.6 Å². The first kappa shape index (κ1) is 25.6. The molecular weight excluding hydrogens is 441 g/mol. The van der Waals surface area contributed by atoms with Gasteiger partial charge in [0.1, 0.15) is 11.6 Å². The molecule has 0 aliphatic heterocycles. The molecule has 1 saturated carbocycles. The Hall–Kier alpha value is -1.67. The molecule has 0 saturated heterocycles. The number of hydrogen-bond donors (Lipinski definition) is 2. The van der Waals surface area contributed by atoms with Crippen LogP contribution >= 0.6 is 12.4 Å². The number of ether oxygens (including phenoxy) is 1. The second-order valence-corrected chi connectivity index (χ2v) is 9.86. The Morgan fingerprint density at radius 1 is 1.19 bits per heavy atom. The lowest BCUT2D eigenvalue weighted by atomic mass is 9.87. The van der Waals surface area contributed by atoms with E-state index in [0.717, 1.165) is 36.8 Å². The fraction of sp³-hybridized carbons (Fsp3) is 0.478. The SMILES string of the molecule is COc1cc(F)ccc1[C@@H](C)CC1CC[C@H](c2ccc(S(=O)(=O)NCCO)cc2)C1.Cl. The summed E-state index contributed by atoms with van der Waals surface area (Å²) in [6, 6.07) is 11.8. The molecular formula is C23H31ClFNO4S. The first-order valence-corrected chi connectivity index (χ1v) is 11.9. The van der Waals surface area contributed by atoms with Crippen LogP contribution in [0.3, 0.4) is 0 Å². The first-order chi connectivity index (χ1) is 14.3. The summed E-state index contributed by atoms with van der Waals surface area (Å²) in [4.78, 5) is 0.214. The third-order valence-corrected chi connectivity index (χ3v) is 7.50. The smallest absolute Gasteiger partial charge is 0.240 e. The number of aliphatic hydroxyl groups excluding tert-OH is 1. The number of nitrogens with one attached hydrogen (secondary N) is 1. The monoisotopic (exact) mass is 471 g/mol. The normalized spacial score (nSPS) is 19.6. The van der Waals surface area contributed by atoms with E-state index >= 15 is 0 Å². The molecule has 1 aliphatic carbocycles. The molecule has 5 nitrogen and oxygen atoms in total. The van der Waals surface area contributed by atoms with Crippen molar-refractivity contribution in [3.05, 3.63) is 59.4 Å². The summed E-state index contributed by atoms with van der Waals surface area (Å²) in [5.41, 5.74) is 2.19. The molecule has 172 valence electrons. The highest BCUT2D eigenvalue weighted by Crippen LogP contribution is 2.43. The minimum Gasteiger partial charge on any atom is -0.496 e. The maximum atomic E-state index is 13.5. The zero-order chi connectivity index (χ0) is 21.7. The molecule has 8 heteroatoms. The highest BCUT2D eigenvalue weighted by Gasteiger charge is 2.28. The Kier molecular flexibility index (Phi) is 9.30. The number of hydrogen-bond acceptors (Lipinski definition) is 4. The average Bonchev–Trinajstić information content (AvgIpc) is 3.20. The van der Waals surface area contributed by atoms with Gasteiger partial charge in [-0.1, -0.05) is 25.1 Å². The summed E-state index contributed by atoms with van der Waals surface area (Å²) in [5, 5.41) is 8.81. The highest BCUT2D eigenvalue weighted by molar-refractivity contribution is 7.89. The predicted molar refractivity (Wildman–Crippen MR) is 122 cm³/mol. The van der Waals surface area contributed by atoms with Crippen molar-refractivity contribution in [3.63, 3.8) is 0 Å². The number of methoxy groups -OCH3 is 1. The van der Waals surface area contributed by atoms with Crippen LogP contribution in [0.4, 0.5) is 4.39 Å². The Labute approximate surface area is 190 Å². The third kappa shape index (κ3) is 6.42. The maximum absolute atomic E-state index is 13.5. The van der Waals surface area contributed by atoms with Gasteiger partial charge in [0.25, 0.3) is 0 Å². The highest BCUT2D eigenvalue weighted by atomic mass is 35.5. The van der Waals surface area contributed by atoms with Gasteiger partial charge in [-0.2, -0.15) is 0 Å². The van der Waals surface area contributed by atoms with Crippen LogP contribution in [0, 0.1) is 11.7 Å². The molecule has 2 aromatic carbocycles. The van der Waals surface area contributed by atoms with Crippen LogP contribution in [0.1, 0.15) is 55.6 Å². The van der Waals surface area contributed by atoms with E-state index in [1.165, 1.54) is 12.1 Å². The van der Waals surface area contributed by atoms with E-state index in [-0.39, 0.29) is 42.2 Å². The molecule has 0 aromatic heterocycles. The Morgan fingerprint density at radius 3 is 2.55 bits per heavy atom. The van der Waals surface area contributed by atoms with Crippen molar-refractivity contribution >= 4 is 22.4 Å². The molecule has 31 heavy (non-hydrogen) atoms. The third-order valence-electron chi connectivity index (χ3n) is 6.02. The summed E-state index contributed by atoms with van der Waals surface area (Å²) in [7, 11) is -2.01. The molecule has 0 amide bonds. The van der Waals surface area contributed by atoms with Crippen LogP contribution in [0.5, 0.6) is 5.75 Å². The van der Waals surface area contributed by atoms with Gasteiger partial charge >= 0.3 is 0 Å². The van der Waals surface area contributed by atoms with Crippen LogP contribution in [0.25, 0.3) is 0 Å². The summed E-state index contributed by atoms with van der Waals surface area (Å²) >= 11 is 0. The lowest BCUT2D eigenvalue weighted by molar-refractivity contribution is 0.301. The van der Waals surface area contributed by atoms with E-state index in [9.17, 15) is 12.8 Å². The molecule has 2 N–H and O–H groups in total. The lowest BCUT2D eigenvalue weighted by Crippen LogP contribution is -2.26. The molecule has 0 radical (unpaired) electrons. The van der Waals surface area contributed by atoms with E-state index in [4.69, 9.17) is 9.84 Å². The Balaban J connectivity index is 0.00000341. The van der Waals surface area contributed by atoms with Gasteiger partial charge in [-0.15, -0.1) is 12.4 Å². The lowest BCUT2D eigenvalue weighted by Gasteiger charge is -2.20. The fourth-order valence-electron chi connectivity index (χ4n) is 4.49. The Morgan fingerprint density at radius 2 is 1.90 bits per heavy atom. The van der Waals surface area contributed by atoms with E-state index in [2.05, 4.69) is 11.6 Å². The minimum atomic E-state index is -3.58. The molecule has 3 rings (SSSR count). The quantitative estimate of drug-likeness (QED) is 0.560. The van der Waals surface area contributed by atoms with Crippen molar-refractivity contribution in [1.82, 2.24) is 4.72 Å². The van der Waals surface area contributed by atoms with E-state index in [1.54, 1.807) is 19.2 Å². The van der Waals surface area contributed by atoms with Crippen LogP contribution in [0.15, 0.2) is 47.4 Å². The number of benzene rings is 2. The van der Waals surface area contributed by atoms with Gasteiger partial charge in [0.2, 0.25) is 10.0 Å². The number of halogens is 2. The van der Waals surface area contributed by atoms with E-state index in [0.29, 0.717) is 17.6 Å². The minimum absolute atomic E-state index is 0. The van der Waals surface area contributed by atoms with Gasteiger partial charge in [-0.3, -0.25) is 0 Å². The second-order valence-electron chi connectivity index (χ2n) is 8.09. The first-order valence-electron chi connectivity index (χ1n) is 10.4. The maximum Gasteiger partial charge on any atom is 0.240 e. The zero-order valence-electron chi connectivity index (χ0n) is 17.9. The standard InChI is InChI=1S/C23H30FNO4S.ClH/c1-16(22-10-7-20(24)15-23(22)29-2)13-17-3-4-19(14-17)18-5-8-21(9-6-18)30(27,28)25-11-12-26;/h5-10,15-17,19,25-26H,3-4,11-14H2,1-2H3;1H/t16-,17?,19-;/m0./s1. The molecule has 1 aliphatic rings. The van der Waals surface area contributed by atoms with E-state index < -0.39 is 10.0 Å². The van der Waals surface area contributed by atoms with Gasteiger partial charge < -0.3 is 9.84 Å². The second kappa shape index (κ2) is 11.3. The van der Waals surface area contributed by atoms with E-state index in [1.807, 2.05) is 18.2 Å². The van der Waals surface area contributed by atoms with Crippen LogP contribution in [-0.2, 0) is 10.0 Å². The largest absolute Gasteiger partial charge is 0.496 e. The molecule has 0 heterocycles. The number of sulfonamides is 1. The molecule has 0 spiro atoms. The predicted octanol–water partition coefficient (Wildman–Crippen LogP) is 4.60. The van der Waals surface area contributed by atoms with Crippen molar-refractivity contribution < 1.29 is 22.7 Å². The molecule has 0 bridgehead atoms. The van der Waals surface area contributed by atoms with Crippen molar-refractivity contribution in [2.45, 2.75) is 49.3 Å². The topological polar surface area (TPSA) is 75.6 Å². The van der Waals surface area contributed by atoms with Crippen LogP contribution in [0.2, 0.25) is 0 Å². The summed E-state index contributed by atoms with van der Waals surface area (Å²) in [6.07, 6.45) is 4.27. The summed E-state index contributed by atoms with van der Waals surface area (Å²) < 4.78 is 45.5. The molecule has 1 fully saturated rings.